The van der Waals surface area contributed by atoms with Crippen molar-refractivity contribution in [3.63, 3.8) is 0 Å². The minimum Gasteiger partial charge on any atom is -0.478 e. The zero-order chi connectivity index (χ0) is 14.0. The Balaban J connectivity index is 2.27. The van der Waals surface area contributed by atoms with E-state index >= 15 is 0 Å². The maximum atomic E-state index is 11.1. The average Bonchev–Trinajstić information content (AvgIpc) is 2.77. The molecule has 0 radical (unpaired) electrons. The molecule has 0 aliphatic heterocycles. The molecular formula is C13H15N3O2S. The summed E-state index contributed by atoms with van der Waals surface area (Å²) in [5.41, 5.74) is 1.59. The van der Waals surface area contributed by atoms with Gasteiger partial charge in [-0.25, -0.2) is 9.78 Å². The van der Waals surface area contributed by atoms with Crippen LogP contribution in [0.4, 0.5) is 10.8 Å². The molecule has 0 aromatic carbocycles. The van der Waals surface area contributed by atoms with E-state index in [1.54, 1.807) is 12.3 Å². The molecule has 2 rings (SSSR count). The molecule has 2 heterocycles. The summed E-state index contributed by atoms with van der Waals surface area (Å²) in [6.45, 7) is 6.25. The fourth-order valence-electron chi connectivity index (χ4n) is 1.46. The van der Waals surface area contributed by atoms with Crippen molar-refractivity contribution in [3.8, 4) is 0 Å². The molecule has 0 saturated carbocycles. The predicted molar refractivity (Wildman–Crippen MR) is 75.3 cm³/mol. The number of carboxylic acids is 1. The van der Waals surface area contributed by atoms with Gasteiger partial charge in [-0.2, -0.15) is 0 Å². The number of rotatable bonds is 3. The Morgan fingerprint density at radius 3 is 2.74 bits per heavy atom. The topological polar surface area (TPSA) is 75.1 Å². The van der Waals surface area contributed by atoms with Crippen LogP contribution >= 0.6 is 11.3 Å². The molecule has 6 heteroatoms. The van der Waals surface area contributed by atoms with Gasteiger partial charge in [0.25, 0.3) is 0 Å². The van der Waals surface area contributed by atoms with E-state index in [9.17, 15) is 4.79 Å². The highest BCUT2D eigenvalue weighted by Crippen LogP contribution is 2.28. The van der Waals surface area contributed by atoms with Gasteiger partial charge in [0.1, 0.15) is 5.56 Å². The van der Waals surface area contributed by atoms with E-state index in [1.165, 1.54) is 17.5 Å². The smallest absolute Gasteiger partial charge is 0.339 e. The first-order valence-electron chi connectivity index (χ1n) is 5.78. The van der Waals surface area contributed by atoms with Crippen LogP contribution in [0.3, 0.4) is 0 Å². The lowest BCUT2D eigenvalue weighted by Crippen LogP contribution is -2.11. The Bertz CT molecular complexity index is 602. The average molecular weight is 277 g/mol. The molecule has 5 nitrogen and oxygen atoms in total. The third kappa shape index (κ3) is 3.08. The van der Waals surface area contributed by atoms with Crippen LogP contribution in [0.1, 0.15) is 36.8 Å². The first-order valence-corrected chi connectivity index (χ1v) is 6.66. The Morgan fingerprint density at radius 1 is 1.42 bits per heavy atom. The number of aromatic nitrogens is 2. The van der Waals surface area contributed by atoms with Gasteiger partial charge >= 0.3 is 5.97 Å². The second kappa shape index (κ2) is 4.97. The number of carbonyl (C=O) groups is 1. The zero-order valence-electron chi connectivity index (χ0n) is 11.0. The number of aromatic carboxylic acids is 1. The highest BCUT2D eigenvalue weighted by Gasteiger charge is 2.18. The summed E-state index contributed by atoms with van der Waals surface area (Å²) in [5.74, 6) is -1.01. The van der Waals surface area contributed by atoms with Crippen molar-refractivity contribution < 1.29 is 9.90 Å². The zero-order valence-corrected chi connectivity index (χ0v) is 11.8. The molecule has 0 unspecified atom stereocenters. The molecular weight excluding hydrogens is 262 g/mol. The fraction of sp³-hybridized carbons (Fsp3) is 0.308. The van der Waals surface area contributed by atoms with Gasteiger partial charge in [0.15, 0.2) is 5.13 Å². The molecule has 0 aliphatic rings. The first-order chi connectivity index (χ1) is 8.88. The molecule has 0 amide bonds. The monoisotopic (exact) mass is 277 g/mol. The minimum atomic E-state index is -1.01. The number of thiazole rings is 1. The first kappa shape index (κ1) is 13.5. The van der Waals surface area contributed by atoms with Gasteiger partial charge in [0.2, 0.25) is 0 Å². The molecule has 2 aromatic heterocycles. The van der Waals surface area contributed by atoms with Crippen LogP contribution in [0, 0.1) is 0 Å². The molecule has 19 heavy (non-hydrogen) atoms. The van der Waals surface area contributed by atoms with Crippen LogP contribution in [0.2, 0.25) is 0 Å². The van der Waals surface area contributed by atoms with Crippen molar-refractivity contribution in [2.75, 3.05) is 5.32 Å². The molecule has 2 aromatic rings. The molecule has 0 aliphatic carbocycles. The number of hydrogen-bond donors (Lipinski definition) is 2. The van der Waals surface area contributed by atoms with Gasteiger partial charge in [-0.15, -0.1) is 11.3 Å². The van der Waals surface area contributed by atoms with E-state index in [4.69, 9.17) is 5.11 Å². The number of anilines is 2. The van der Waals surface area contributed by atoms with E-state index in [0.29, 0.717) is 10.8 Å². The molecule has 2 N–H and O–H groups in total. The Kier molecular flexibility index (Phi) is 3.53. The van der Waals surface area contributed by atoms with E-state index in [2.05, 4.69) is 36.1 Å². The van der Waals surface area contributed by atoms with Gasteiger partial charge < -0.3 is 10.4 Å². The molecule has 100 valence electrons. The van der Waals surface area contributed by atoms with E-state index < -0.39 is 5.97 Å². The van der Waals surface area contributed by atoms with Crippen molar-refractivity contribution in [1.82, 2.24) is 9.97 Å². The third-order valence-electron chi connectivity index (χ3n) is 2.57. The maximum Gasteiger partial charge on any atom is 0.339 e. The number of carboxylic acid groups (broad SMARTS) is 1. The third-order valence-corrected chi connectivity index (χ3v) is 3.32. The van der Waals surface area contributed by atoms with Crippen molar-refractivity contribution in [2.24, 2.45) is 0 Å². The summed E-state index contributed by atoms with van der Waals surface area (Å²) in [6.07, 6.45) is 2.87. The van der Waals surface area contributed by atoms with Crippen LogP contribution < -0.4 is 5.32 Å². The van der Waals surface area contributed by atoms with E-state index in [-0.39, 0.29) is 11.0 Å². The lowest BCUT2D eigenvalue weighted by Gasteiger charge is -2.14. The SMILES string of the molecule is CC(C)(C)c1csc(Nc2ccncc2C(=O)O)n1. The molecule has 0 spiro atoms. The number of hydrogen-bond acceptors (Lipinski definition) is 5. The largest absolute Gasteiger partial charge is 0.478 e. The highest BCUT2D eigenvalue weighted by molar-refractivity contribution is 7.13. The summed E-state index contributed by atoms with van der Waals surface area (Å²) < 4.78 is 0. The maximum absolute atomic E-state index is 11.1. The quantitative estimate of drug-likeness (QED) is 0.900. The van der Waals surface area contributed by atoms with Crippen LogP contribution in [-0.2, 0) is 5.41 Å². The normalized spacial score (nSPS) is 11.3. The van der Waals surface area contributed by atoms with Crippen LogP contribution in [0.15, 0.2) is 23.8 Å². The Hall–Kier alpha value is -1.95. The van der Waals surface area contributed by atoms with Crippen molar-refractivity contribution >= 4 is 28.1 Å². The lowest BCUT2D eigenvalue weighted by atomic mass is 9.93. The second-order valence-corrected chi connectivity index (χ2v) is 6.00. The van der Waals surface area contributed by atoms with Crippen LogP contribution in [0.25, 0.3) is 0 Å². The van der Waals surface area contributed by atoms with Gasteiger partial charge in [-0.1, -0.05) is 20.8 Å². The van der Waals surface area contributed by atoms with Crippen molar-refractivity contribution in [3.05, 3.63) is 35.1 Å². The number of pyridine rings is 1. The summed E-state index contributed by atoms with van der Waals surface area (Å²) >= 11 is 1.46. The van der Waals surface area contributed by atoms with E-state index in [0.717, 1.165) is 5.69 Å². The Morgan fingerprint density at radius 2 is 2.16 bits per heavy atom. The van der Waals surface area contributed by atoms with Crippen molar-refractivity contribution in [1.29, 1.82) is 0 Å². The van der Waals surface area contributed by atoms with Crippen LogP contribution in [0.5, 0.6) is 0 Å². The van der Waals surface area contributed by atoms with Gasteiger partial charge in [0.05, 0.1) is 11.4 Å². The lowest BCUT2D eigenvalue weighted by molar-refractivity contribution is 0.0697. The highest BCUT2D eigenvalue weighted by atomic mass is 32.1. The molecule has 0 atom stereocenters. The predicted octanol–water partition coefficient (Wildman–Crippen LogP) is 3.28. The fourth-order valence-corrected chi connectivity index (χ4v) is 2.41. The van der Waals surface area contributed by atoms with Crippen molar-refractivity contribution in [2.45, 2.75) is 26.2 Å². The van der Waals surface area contributed by atoms with Gasteiger partial charge in [-0.05, 0) is 6.07 Å². The number of nitrogens with one attached hydrogen (secondary N) is 1. The number of nitrogens with zero attached hydrogens (tertiary/aromatic N) is 2. The van der Waals surface area contributed by atoms with Crippen LogP contribution in [-0.4, -0.2) is 21.0 Å². The summed E-state index contributed by atoms with van der Waals surface area (Å²) in [6, 6.07) is 1.63. The van der Waals surface area contributed by atoms with Gasteiger partial charge in [-0.3, -0.25) is 4.98 Å². The van der Waals surface area contributed by atoms with E-state index in [1.807, 2.05) is 5.38 Å². The summed E-state index contributed by atoms with van der Waals surface area (Å²) in [7, 11) is 0. The standard InChI is InChI=1S/C13H15N3O2S/c1-13(2,3)10-7-19-12(16-10)15-9-4-5-14-6-8(9)11(17)18/h4-7H,1-3H3,(H,17,18)(H,14,15,16). The Labute approximate surface area is 115 Å². The van der Waals surface area contributed by atoms with Gasteiger partial charge in [0, 0.05) is 23.2 Å². The second-order valence-electron chi connectivity index (χ2n) is 5.14. The summed E-state index contributed by atoms with van der Waals surface area (Å²) in [4.78, 5) is 19.4. The molecule has 0 saturated heterocycles. The summed E-state index contributed by atoms with van der Waals surface area (Å²) in [5, 5.41) is 14.8. The minimum absolute atomic E-state index is 0.0235. The molecule has 0 bridgehead atoms. The molecule has 0 fully saturated rings.